The first-order valence-electron chi connectivity index (χ1n) is 8.79. The summed E-state index contributed by atoms with van der Waals surface area (Å²) in [4.78, 5) is 8.23. The quantitative estimate of drug-likeness (QED) is 0.518. The van der Waals surface area contributed by atoms with Crippen LogP contribution in [0.15, 0.2) is 60.9 Å². The Labute approximate surface area is 157 Å². The molecular weight excluding hydrogens is 338 g/mol. The molecule has 4 rings (SSSR count). The van der Waals surface area contributed by atoms with Gasteiger partial charge in [-0.3, -0.25) is 0 Å². The van der Waals surface area contributed by atoms with Crippen molar-refractivity contribution in [3.05, 3.63) is 60.9 Å². The second-order valence-corrected chi connectivity index (χ2v) is 6.66. The summed E-state index contributed by atoms with van der Waals surface area (Å²) in [5.74, 6) is 0.664. The molecule has 6 nitrogen and oxygen atoms in total. The van der Waals surface area contributed by atoms with E-state index in [1.54, 1.807) is 18.5 Å². The van der Waals surface area contributed by atoms with Gasteiger partial charge in [-0.05, 0) is 44.2 Å². The van der Waals surface area contributed by atoms with Gasteiger partial charge in [0, 0.05) is 41.1 Å². The van der Waals surface area contributed by atoms with Crippen LogP contribution in [-0.2, 0) is 0 Å². The van der Waals surface area contributed by atoms with Gasteiger partial charge < -0.3 is 20.8 Å². The minimum Gasteiger partial charge on any atom is -0.424 e. The fourth-order valence-electron chi connectivity index (χ4n) is 3.30. The van der Waals surface area contributed by atoms with Crippen molar-refractivity contribution in [1.82, 2.24) is 14.5 Å². The summed E-state index contributed by atoms with van der Waals surface area (Å²) in [5, 5.41) is 0.983. The van der Waals surface area contributed by atoms with Gasteiger partial charge >= 0.3 is 6.01 Å². The molecule has 0 unspecified atom stereocenters. The lowest BCUT2D eigenvalue weighted by atomic mass is 10.1. The van der Waals surface area contributed by atoms with Gasteiger partial charge in [-0.15, -0.1) is 0 Å². The van der Waals surface area contributed by atoms with Gasteiger partial charge in [0.1, 0.15) is 5.75 Å². The number of benzene rings is 2. The number of nitrogens with zero attached hydrogens (tertiary/aromatic N) is 3. The van der Waals surface area contributed by atoms with Crippen molar-refractivity contribution in [1.29, 1.82) is 0 Å². The Bertz CT molecular complexity index is 1090. The van der Waals surface area contributed by atoms with Crippen LogP contribution in [-0.4, -0.2) is 14.5 Å². The monoisotopic (exact) mass is 359 g/mol. The van der Waals surface area contributed by atoms with Crippen molar-refractivity contribution in [2.45, 2.75) is 19.9 Å². The highest BCUT2D eigenvalue weighted by molar-refractivity contribution is 6.01. The smallest absolute Gasteiger partial charge is 0.321 e. The second kappa shape index (κ2) is 6.64. The van der Waals surface area contributed by atoms with Gasteiger partial charge in [-0.1, -0.05) is 12.1 Å². The van der Waals surface area contributed by atoms with Gasteiger partial charge in [0.05, 0.1) is 16.9 Å². The number of nitrogens with two attached hydrogens (primary N) is 2. The van der Waals surface area contributed by atoms with E-state index in [4.69, 9.17) is 16.2 Å². The molecule has 2 heterocycles. The fourth-order valence-corrected chi connectivity index (χ4v) is 3.30. The SMILES string of the molecule is CC(C)n1c(-c2ccc(N)cc2)c(N)c2ccc(Oc3ncccn3)cc21. The molecule has 4 N–H and O–H groups in total. The standard InChI is InChI=1S/C21H21N5O/c1-13(2)26-18-12-16(27-21-24-10-3-11-25-21)8-9-17(18)19(23)20(26)14-4-6-15(22)7-5-14/h3-13H,22-23H2,1-2H3. The second-order valence-electron chi connectivity index (χ2n) is 6.66. The van der Waals surface area contributed by atoms with Gasteiger partial charge in [0.15, 0.2) is 0 Å². The van der Waals surface area contributed by atoms with E-state index in [1.165, 1.54) is 0 Å². The van der Waals surface area contributed by atoms with Gasteiger partial charge in [-0.2, -0.15) is 0 Å². The predicted octanol–water partition coefficient (Wildman–Crippen LogP) is 4.64. The highest BCUT2D eigenvalue weighted by atomic mass is 16.5. The molecule has 2 aromatic heterocycles. The maximum atomic E-state index is 6.53. The molecule has 0 spiro atoms. The maximum absolute atomic E-state index is 6.53. The first-order valence-corrected chi connectivity index (χ1v) is 8.79. The summed E-state index contributed by atoms with van der Waals surface area (Å²) in [6, 6.07) is 15.9. The molecule has 0 aliphatic rings. The largest absolute Gasteiger partial charge is 0.424 e. The summed E-state index contributed by atoms with van der Waals surface area (Å²) in [5.41, 5.74) is 16.9. The zero-order valence-corrected chi connectivity index (χ0v) is 15.3. The van der Waals surface area contributed by atoms with Crippen molar-refractivity contribution in [2.75, 3.05) is 11.5 Å². The topological polar surface area (TPSA) is 92.0 Å². The Morgan fingerprint density at radius 1 is 0.963 bits per heavy atom. The molecule has 0 aliphatic heterocycles. The van der Waals surface area contributed by atoms with Crippen LogP contribution in [0, 0.1) is 0 Å². The fraction of sp³-hybridized carbons (Fsp3) is 0.143. The molecule has 0 saturated carbocycles. The van der Waals surface area contributed by atoms with E-state index in [-0.39, 0.29) is 6.04 Å². The van der Waals surface area contributed by atoms with E-state index in [2.05, 4.69) is 28.4 Å². The lowest BCUT2D eigenvalue weighted by molar-refractivity contribution is 0.442. The van der Waals surface area contributed by atoms with Crippen molar-refractivity contribution in [3.8, 4) is 23.0 Å². The number of nitrogen functional groups attached to an aromatic ring is 2. The van der Waals surface area contributed by atoms with Gasteiger partial charge in [-0.25, -0.2) is 9.97 Å². The highest BCUT2D eigenvalue weighted by Crippen LogP contribution is 2.40. The average Bonchev–Trinajstić information content (AvgIpc) is 2.95. The van der Waals surface area contributed by atoms with Gasteiger partial charge in [0.25, 0.3) is 0 Å². The third kappa shape index (κ3) is 3.06. The number of hydrogen-bond donors (Lipinski definition) is 2. The molecule has 27 heavy (non-hydrogen) atoms. The first kappa shape index (κ1) is 16.9. The van der Waals surface area contributed by atoms with Crippen LogP contribution in [0.4, 0.5) is 11.4 Å². The van der Waals surface area contributed by atoms with E-state index in [0.29, 0.717) is 11.8 Å². The first-order chi connectivity index (χ1) is 13.0. The molecule has 0 amide bonds. The summed E-state index contributed by atoms with van der Waals surface area (Å²) in [6.45, 7) is 4.26. The minimum absolute atomic E-state index is 0.209. The molecule has 0 fully saturated rings. The van der Waals surface area contributed by atoms with Crippen LogP contribution < -0.4 is 16.2 Å². The zero-order valence-electron chi connectivity index (χ0n) is 15.3. The number of anilines is 2. The van der Waals surface area contributed by atoms with Crippen LogP contribution in [0.3, 0.4) is 0 Å². The zero-order chi connectivity index (χ0) is 19.0. The maximum Gasteiger partial charge on any atom is 0.321 e. The summed E-state index contributed by atoms with van der Waals surface area (Å²) in [7, 11) is 0. The van der Waals surface area contributed by atoms with E-state index in [1.807, 2.05) is 42.5 Å². The molecule has 0 radical (unpaired) electrons. The highest BCUT2D eigenvalue weighted by Gasteiger charge is 2.19. The van der Waals surface area contributed by atoms with E-state index >= 15 is 0 Å². The Morgan fingerprint density at radius 3 is 2.33 bits per heavy atom. The molecule has 4 aromatic rings. The van der Waals surface area contributed by atoms with E-state index < -0.39 is 0 Å². The number of ether oxygens (including phenoxy) is 1. The Balaban J connectivity index is 1.88. The van der Waals surface area contributed by atoms with Crippen LogP contribution in [0.25, 0.3) is 22.2 Å². The van der Waals surface area contributed by atoms with Crippen LogP contribution in [0.5, 0.6) is 11.8 Å². The molecule has 6 heteroatoms. The molecule has 136 valence electrons. The third-order valence-corrected chi connectivity index (χ3v) is 4.47. The van der Waals surface area contributed by atoms with Crippen LogP contribution >= 0.6 is 0 Å². The van der Waals surface area contributed by atoms with Crippen LogP contribution in [0.2, 0.25) is 0 Å². The summed E-state index contributed by atoms with van der Waals surface area (Å²) < 4.78 is 8.02. The average molecular weight is 359 g/mol. The lowest BCUT2D eigenvalue weighted by Crippen LogP contribution is -2.03. The lowest BCUT2D eigenvalue weighted by Gasteiger charge is -2.16. The van der Waals surface area contributed by atoms with Gasteiger partial charge in [0.2, 0.25) is 0 Å². The minimum atomic E-state index is 0.209. The van der Waals surface area contributed by atoms with E-state index in [0.717, 1.165) is 33.5 Å². The van der Waals surface area contributed by atoms with Crippen molar-refractivity contribution < 1.29 is 4.74 Å². The van der Waals surface area contributed by atoms with Crippen molar-refractivity contribution >= 4 is 22.3 Å². The molecular formula is C21H21N5O. The summed E-state index contributed by atoms with van der Waals surface area (Å²) in [6.07, 6.45) is 3.30. The van der Waals surface area contributed by atoms with Crippen molar-refractivity contribution in [2.24, 2.45) is 0 Å². The molecule has 0 bridgehead atoms. The Kier molecular flexibility index (Phi) is 4.16. The number of fused-ring (bicyclic) bond motifs is 1. The molecule has 0 aliphatic carbocycles. The molecule has 0 atom stereocenters. The Morgan fingerprint density at radius 2 is 1.67 bits per heavy atom. The van der Waals surface area contributed by atoms with Crippen LogP contribution in [0.1, 0.15) is 19.9 Å². The predicted molar refractivity (Wildman–Crippen MR) is 109 cm³/mol. The third-order valence-electron chi connectivity index (χ3n) is 4.47. The molecule has 2 aromatic carbocycles. The Hall–Kier alpha value is -3.54. The van der Waals surface area contributed by atoms with Crippen molar-refractivity contribution in [3.63, 3.8) is 0 Å². The number of hydrogen-bond acceptors (Lipinski definition) is 5. The van der Waals surface area contributed by atoms with E-state index in [9.17, 15) is 0 Å². The number of aromatic nitrogens is 3. The number of rotatable bonds is 4. The molecule has 0 saturated heterocycles. The summed E-state index contributed by atoms with van der Waals surface area (Å²) >= 11 is 0. The normalized spacial score (nSPS) is 11.2.